The first-order valence-corrected chi connectivity index (χ1v) is 7.29. The zero-order valence-corrected chi connectivity index (χ0v) is 12.6. The third-order valence-electron chi connectivity index (χ3n) is 3.18. The molecule has 1 aromatic heterocycles. The van der Waals surface area contributed by atoms with E-state index in [9.17, 15) is 9.59 Å². The van der Waals surface area contributed by atoms with Crippen molar-refractivity contribution in [2.24, 2.45) is 0 Å². The smallest absolute Gasteiger partial charge is 0.286 e. The Balaban J connectivity index is 1.61. The molecule has 2 N–H and O–H groups in total. The van der Waals surface area contributed by atoms with Crippen molar-refractivity contribution < 1.29 is 14.0 Å². The molecule has 5 heteroatoms. The van der Waals surface area contributed by atoms with Gasteiger partial charge in [-0.15, -0.1) is 0 Å². The van der Waals surface area contributed by atoms with Crippen molar-refractivity contribution in [3.63, 3.8) is 0 Å². The van der Waals surface area contributed by atoms with E-state index < -0.39 is 0 Å². The van der Waals surface area contributed by atoms with Crippen molar-refractivity contribution in [1.82, 2.24) is 10.6 Å². The molecule has 0 atom stereocenters. The summed E-state index contributed by atoms with van der Waals surface area (Å²) in [7, 11) is 0. The van der Waals surface area contributed by atoms with E-state index in [1.807, 2.05) is 31.2 Å². The maximum absolute atomic E-state index is 11.7. The van der Waals surface area contributed by atoms with E-state index in [1.165, 1.54) is 11.8 Å². The summed E-state index contributed by atoms with van der Waals surface area (Å²) in [5.74, 6) is 0.00261. The van der Waals surface area contributed by atoms with Crippen molar-refractivity contribution in [3.05, 3.63) is 59.5 Å². The van der Waals surface area contributed by atoms with Crippen LogP contribution in [0.2, 0.25) is 0 Å². The van der Waals surface area contributed by atoms with Gasteiger partial charge in [-0.3, -0.25) is 9.59 Å². The Morgan fingerprint density at radius 3 is 2.73 bits per heavy atom. The first-order valence-electron chi connectivity index (χ1n) is 7.29. The molecular weight excluding hydrogens is 280 g/mol. The SMILES string of the molecule is Cc1cccc(CNC(=O)CCCNC(=O)c2ccco2)c1. The Hall–Kier alpha value is -2.56. The molecule has 0 saturated heterocycles. The van der Waals surface area contributed by atoms with Gasteiger partial charge in [0, 0.05) is 19.5 Å². The van der Waals surface area contributed by atoms with E-state index in [4.69, 9.17) is 4.42 Å². The number of aryl methyl sites for hydroxylation is 1. The number of furan rings is 1. The van der Waals surface area contributed by atoms with Crippen LogP contribution in [0.4, 0.5) is 0 Å². The highest BCUT2D eigenvalue weighted by Crippen LogP contribution is 2.03. The van der Waals surface area contributed by atoms with Crippen molar-refractivity contribution >= 4 is 11.8 Å². The number of carbonyl (C=O) groups is 2. The van der Waals surface area contributed by atoms with Crippen LogP contribution in [0, 0.1) is 6.92 Å². The number of carbonyl (C=O) groups excluding carboxylic acids is 2. The molecule has 5 nitrogen and oxygen atoms in total. The molecule has 0 radical (unpaired) electrons. The van der Waals surface area contributed by atoms with E-state index in [2.05, 4.69) is 10.6 Å². The van der Waals surface area contributed by atoms with Gasteiger partial charge in [-0.2, -0.15) is 0 Å². The van der Waals surface area contributed by atoms with Crippen LogP contribution in [0.15, 0.2) is 47.1 Å². The van der Waals surface area contributed by atoms with Crippen LogP contribution >= 0.6 is 0 Å². The summed E-state index contributed by atoms with van der Waals surface area (Å²) in [4.78, 5) is 23.3. The average molecular weight is 300 g/mol. The topological polar surface area (TPSA) is 71.3 Å². The van der Waals surface area contributed by atoms with E-state index in [1.54, 1.807) is 12.1 Å². The Bertz CT molecular complexity index is 621. The lowest BCUT2D eigenvalue weighted by atomic mass is 10.1. The lowest BCUT2D eigenvalue weighted by Gasteiger charge is -2.06. The summed E-state index contributed by atoms with van der Waals surface area (Å²) < 4.78 is 4.98. The zero-order valence-electron chi connectivity index (χ0n) is 12.6. The summed E-state index contributed by atoms with van der Waals surface area (Å²) in [6.07, 6.45) is 2.42. The van der Waals surface area contributed by atoms with Crippen LogP contribution in [-0.2, 0) is 11.3 Å². The van der Waals surface area contributed by atoms with Crippen molar-refractivity contribution in [1.29, 1.82) is 0 Å². The Morgan fingerprint density at radius 2 is 2.00 bits per heavy atom. The molecule has 0 bridgehead atoms. The quantitative estimate of drug-likeness (QED) is 0.771. The van der Waals surface area contributed by atoms with Crippen LogP contribution < -0.4 is 10.6 Å². The molecule has 0 aliphatic rings. The fourth-order valence-corrected chi connectivity index (χ4v) is 2.06. The van der Waals surface area contributed by atoms with E-state index in [0.29, 0.717) is 25.9 Å². The molecular formula is C17H20N2O3. The number of nitrogens with one attached hydrogen (secondary N) is 2. The average Bonchev–Trinajstić information content (AvgIpc) is 3.04. The monoisotopic (exact) mass is 300 g/mol. The molecule has 0 spiro atoms. The second-order valence-electron chi connectivity index (χ2n) is 5.10. The number of rotatable bonds is 7. The number of hydrogen-bond acceptors (Lipinski definition) is 3. The highest BCUT2D eigenvalue weighted by Gasteiger charge is 2.07. The Labute approximate surface area is 129 Å². The Kier molecular flexibility index (Phi) is 5.77. The summed E-state index contributed by atoms with van der Waals surface area (Å²) in [5, 5.41) is 5.58. The molecule has 22 heavy (non-hydrogen) atoms. The number of benzene rings is 1. The number of amides is 2. The van der Waals surface area contributed by atoms with Gasteiger partial charge < -0.3 is 15.1 Å². The second kappa shape index (κ2) is 8.02. The largest absolute Gasteiger partial charge is 0.459 e. The predicted octanol–water partition coefficient (Wildman–Crippen LogP) is 2.41. The molecule has 0 aliphatic heterocycles. The molecule has 2 aromatic rings. The van der Waals surface area contributed by atoms with Crippen molar-refractivity contribution in [2.45, 2.75) is 26.3 Å². The van der Waals surface area contributed by atoms with Crippen LogP contribution in [-0.4, -0.2) is 18.4 Å². The minimum Gasteiger partial charge on any atom is -0.459 e. The third kappa shape index (κ3) is 5.09. The minimum atomic E-state index is -0.259. The highest BCUT2D eigenvalue weighted by atomic mass is 16.3. The van der Waals surface area contributed by atoms with Gasteiger partial charge in [0.1, 0.15) is 0 Å². The van der Waals surface area contributed by atoms with E-state index in [-0.39, 0.29) is 17.6 Å². The van der Waals surface area contributed by atoms with Crippen molar-refractivity contribution in [3.8, 4) is 0 Å². The molecule has 2 rings (SSSR count). The fraction of sp³-hybridized carbons (Fsp3) is 0.294. The van der Waals surface area contributed by atoms with Gasteiger partial charge >= 0.3 is 0 Å². The molecule has 2 amide bonds. The van der Waals surface area contributed by atoms with E-state index >= 15 is 0 Å². The van der Waals surface area contributed by atoms with Crippen LogP contribution in [0.1, 0.15) is 34.5 Å². The summed E-state index contributed by atoms with van der Waals surface area (Å²) in [5.41, 5.74) is 2.26. The highest BCUT2D eigenvalue weighted by molar-refractivity contribution is 5.91. The van der Waals surface area contributed by atoms with Gasteiger partial charge in [-0.05, 0) is 31.0 Å². The molecule has 0 aliphatic carbocycles. The first kappa shape index (κ1) is 15.8. The Morgan fingerprint density at radius 1 is 1.14 bits per heavy atom. The third-order valence-corrected chi connectivity index (χ3v) is 3.18. The first-order chi connectivity index (χ1) is 10.6. The van der Waals surface area contributed by atoms with Crippen LogP contribution in [0.25, 0.3) is 0 Å². The molecule has 0 unspecified atom stereocenters. The zero-order chi connectivity index (χ0) is 15.8. The normalized spacial score (nSPS) is 10.2. The van der Waals surface area contributed by atoms with Crippen molar-refractivity contribution in [2.75, 3.05) is 6.54 Å². The van der Waals surface area contributed by atoms with Gasteiger partial charge in [0.05, 0.1) is 6.26 Å². The molecule has 116 valence electrons. The second-order valence-corrected chi connectivity index (χ2v) is 5.10. The maximum atomic E-state index is 11.7. The van der Waals surface area contributed by atoms with Gasteiger partial charge in [0.15, 0.2) is 5.76 Å². The lowest BCUT2D eigenvalue weighted by Crippen LogP contribution is -2.27. The number of hydrogen-bond donors (Lipinski definition) is 2. The van der Waals surface area contributed by atoms with Gasteiger partial charge in [-0.25, -0.2) is 0 Å². The molecule has 1 aromatic carbocycles. The lowest BCUT2D eigenvalue weighted by molar-refractivity contribution is -0.121. The summed E-state index contributed by atoms with van der Waals surface area (Å²) in [6, 6.07) is 11.3. The van der Waals surface area contributed by atoms with Gasteiger partial charge in [0.25, 0.3) is 5.91 Å². The molecule has 0 saturated carbocycles. The molecule has 0 fully saturated rings. The molecule has 1 heterocycles. The minimum absolute atomic E-state index is 0.0197. The van der Waals surface area contributed by atoms with Crippen LogP contribution in [0.5, 0.6) is 0 Å². The van der Waals surface area contributed by atoms with Gasteiger partial charge in [0.2, 0.25) is 5.91 Å². The predicted molar refractivity (Wildman–Crippen MR) is 83.3 cm³/mol. The maximum Gasteiger partial charge on any atom is 0.286 e. The van der Waals surface area contributed by atoms with Gasteiger partial charge in [-0.1, -0.05) is 29.8 Å². The standard InChI is InChI=1S/C17H20N2O3/c1-13-5-2-6-14(11-13)12-19-16(20)8-3-9-18-17(21)15-7-4-10-22-15/h2,4-7,10-11H,3,8-9,12H2,1H3,(H,18,21)(H,19,20). The van der Waals surface area contributed by atoms with E-state index in [0.717, 1.165) is 5.56 Å². The van der Waals surface area contributed by atoms with Crippen LogP contribution in [0.3, 0.4) is 0 Å². The summed E-state index contributed by atoms with van der Waals surface area (Å²) >= 11 is 0. The fourth-order valence-electron chi connectivity index (χ4n) is 2.06. The summed E-state index contributed by atoms with van der Waals surface area (Å²) in [6.45, 7) is 2.99.